The Balaban J connectivity index is 2.59. The third-order valence-corrected chi connectivity index (χ3v) is 6.30. The van der Waals surface area contributed by atoms with E-state index < -0.39 is 22.5 Å². The molecule has 1 aromatic heterocycles. The number of anilines is 1. The second kappa shape index (κ2) is 5.87. The number of benzene rings is 1. The SMILES string of the molecule is Cc1cccc(N(CC(=O)O)S(=O)(=O)c2cccs2)c1C. The van der Waals surface area contributed by atoms with E-state index in [1.54, 1.807) is 30.5 Å². The number of sulfonamides is 1. The van der Waals surface area contributed by atoms with Crippen molar-refractivity contribution in [2.75, 3.05) is 10.8 Å². The van der Waals surface area contributed by atoms with Crippen molar-refractivity contribution in [2.45, 2.75) is 18.1 Å². The normalized spacial score (nSPS) is 11.3. The Bertz CT molecular complexity index is 751. The smallest absolute Gasteiger partial charge is 0.324 e. The van der Waals surface area contributed by atoms with Crippen LogP contribution in [0.25, 0.3) is 0 Å². The standard InChI is InChI=1S/C14H15NO4S2/c1-10-5-3-6-12(11(10)2)15(9-13(16)17)21(18,19)14-7-4-8-20-14/h3-8H,9H2,1-2H3,(H,16,17). The molecule has 0 saturated carbocycles. The van der Waals surface area contributed by atoms with Gasteiger partial charge >= 0.3 is 5.97 Å². The summed E-state index contributed by atoms with van der Waals surface area (Å²) in [6.45, 7) is 3.03. The number of rotatable bonds is 5. The maximum absolute atomic E-state index is 12.7. The molecule has 0 aliphatic carbocycles. The third-order valence-electron chi connectivity index (χ3n) is 3.16. The summed E-state index contributed by atoms with van der Waals surface area (Å²) in [5.41, 5.74) is 2.05. The molecule has 0 spiro atoms. The minimum atomic E-state index is -3.87. The van der Waals surface area contributed by atoms with Gasteiger partial charge in [-0.25, -0.2) is 8.42 Å². The van der Waals surface area contributed by atoms with E-state index in [1.807, 2.05) is 13.0 Å². The predicted molar refractivity (Wildman–Crippen MR) is 82.4 cm³/mol. The van der Waals surface area contributed by atoms with Crippen molar-refractivity contribution in [3.63, 3.8) is 0 Å². The summed E-state index contributed by atoms with van der Waals surface area (Å²) in [6.07, 6.45) is 0. The summed E-state index contributed by atoms with van der Waals surface area (Å²) in [7, 11) is -3.87. The maximum Gasteiger partial charge on any atom is 0.324 e. The van der Waals surface area contributed by atoms with Gasteiger partial charge < -0.3 is 5.11 Å². The van der Waals surface area contributed by atoms with Gasteiger partial charge in [0.1, 0.15) is 10.8 Å². The fraction of sp³-hybridized carbons (Fsp3) is 0.214. The molecular weight excluding hydrogens is 310 g/mol. The lowest BCUT2D eigenvalue weighted by Gasteiger charge is -2.24. The highest BCUT2D eigenvalue weighted by atomic mass is 32.2. The van der Waals surface area contributed by atoms with Crippen LogP contribution in [0.2, 0.25) is 0 Å². The van der Waals surface area contributed by atoms with Crippen molar-refractivity contribution in [1.29, 1.82) is 0 Å². The Morgan fingerprint density at radius 1 is 1.24 bits per heavy atom. The van der Waals surface area contributed by atoms with Crippen LogP contribution in [0.3, 0.4) is 0 Å². The number of aliphatic carboxylic acids is 1. The summed E-state index contributed by atoms with van der Waals surface area (Å²) < 4.78 is 26.4. The lowest BCUT2D eigenvalue weighted by molar-refractivity contribution is -0.135. The summed E-state index contributed by atoms with van der Waals surface area (Å²) >= 11 is 1.07. The molecule has 0 saturated heterocycles. The second-order valence-electron chi connectivity index (χ2n) is 4.56. The average molecular weight is 325 g/mol. The van der Waals surface area contributed by atoms with Gasteiger partial charge in [0.2, 0.25) is 0 Å². The molecule has 112 valence electrons. The average Bonchev–Trinajstić information content (AvgIpc) is 2.94. The van der Waals surface area contributed by atoms with Gasteiger partial charge in [-0.3, -0.25) is 9.10 Å². The Morgan fingerprint density at radius 2 is 1.95 bits per heavy atom. The van der Waals surface area contributed by atoms with Crippen LogP contribution >= 0.6 is 11.3 Å². The minimum absolute atomic E-state index is 0.129. The molecule has 1 aromatic carbocycles. The molecule has 5 nitrogen and oxygen atoms in total. The van der Waals surface area contributed by atoms with Crippen molar-refractivity contribution in [3.8, 4) is 0 Å². The largest absolute Gasteiger partial charge is 0.480 e. The van der Waals surface area contributed by atoms with Crippen molar-refractivity contribution < 1.29 is 18.3 Å². The molecule has 0 aliphatic rings. The topological polar surface area (TPSA) is 74.7 Å². The Morgan fingerprint density at radius 3 is 2.52 bits per heavy atom. The Kier molecular flexibility index (Phi) is 4.34. The first kappa shape index (κ1) is 15.5. The summed E-state index contributed by atoms with van der Waals surface area (Å²) in [4.78, 5) is 11.1. The number of carboxylic acids is 1. The summed E-state index contributed by atoms with van der Waals surface area (Å²) in [5.74, 6) is -1.20. The zero-order valence-electron chi connectivity index (χ0n) is 11.6. The highest BCUT2D eigenvalue weighted by Gasteiger charge is 2.29. The zero-order valence-corrected chi connectivity index (χ0v) is 13.2. The molecule has 7 heteroatoms. The highest BCUT2D eigenvalue weighted by Crippen LogP contribution is 2.30. The van der Waals surface area contributed by atoms with Gasteiger partial charge in [0.25, 0.3) is 10.0 Å². The van der Waals surface area contributed by atoms with E-state index in [0.29, 0.717) is 5.69 Å². The number of carbonyl (C=O) groups is 1. The lowest BCUT2D eigenvalue weighted by atomic mass is 10.1. The van der Waals surface area contributed by atoms with Crippen molar-refractivity contribution in [3.05, 3.63) is 46.8 Å². The summed E-state index contributed by atoms with van der Waals surface area (Å²) in [5, 5.41) is 10.7. The van der Waals surface area contributed by atoms with Crippen LogP contribution in [0.4, 0.5) is 5.69 Å². The zero-order chi connectivity index (χ0) is 15.6. The van der Waals surface area contributed by atoms with Crippen LogP contribution in [-0.4, -0.2) is 26.0 Å². The molecule has 0 aliphatic heterocycles. The molecule has 0 atom stereocenters. The lowest BCUT2D eigenvalue weighted by Crippen LogP contribution is -2.35. The first-order valence-corrected chi connectivity index (χ1v) is 8.50. The molecule has 0 amide bonds. The van der Waals surface area contributed by atoms with Gasteiger partial charge in [-0.2, -0.15) is 0 Å². The van der Waals surface area contributed by atoms with Gasteiger partial charge in [0, 0.05) is 0 Å². The monoisotopic (exact) mass is 325 g/mol. The molecule has 21 heavy (non-hydrogen) atoms. The number of aryl methyl sites for hydroxylation is 1. The minimum Gasteiger partial charge on any atom is -0.480 e. The first-order valence-electron chi connectivity index (χ1n) is 6.18. The van der Waals surface area contributed by atoms with Crippen LogP contribution in [0.5, 0.6) is 0 Å². The predicted octanol–water partition coefficient (Wildman–Crippen LogP) is 2.64. The summed E-state index contributed by atoms with van der Waals surface area (Å²) in [6, 6.07) is 8.29. The van der Waals surface area contributed by atoms with Crippen LogP contribution < -0.4 is 4.31 Å². The number of hydrogen-bond donors (Lipinski definition) is 1. The quantitative estimate of drug-likeness (QED) is 0.917. The van der Waals surface area contributed by atoms with E-state index in [9.17, 15) is 13.2 Å². The maximum atomic E-state index is 12.7. The van der Waals surface area contributed by atoms with E-state index in [4.69, 9.17) is 5.11 Å². The van der Waals surface area contributed by atoms with E-state index in [1.165, 1.54) is 6.07 Å². The molecule has 0 bridgehead atoms. The highest BCUT2D eigenvalue weighted by molar-refractivity contribution is 7.94. The Hall–Kier alpha value is -1.86. The van der Waals surface area contributed by atoms with E-state index >= 15 is 0 Å². The Labute approximate surface area is 127 Å². The fourth-order valence-electron chi connectivity index (χ4n) is 1.95. The molecule has 2 aromatic rings. The molecule has 1 N–H and O–H groups in total. The number of hydrogen-bond acceptors (Lipinski definition) is 4. The van der Waals surface area contributed by atoms with Crippen molar-refractivity contribution in [2.24, 2.45) is 0 Å². The van der Waals surface area contributed by atoms with Gasteiger partial charge in [0.15, 0.2) is 0 Å². The molecule has 2 rings (SSSR count). The molecule has 0 unspecified atom stereocenters. The third kappa shape index (κ3) is 3.08. The molecule has 0 fully saturated rings. The fourth-order valence-corrected chi connectivity index (χ4v) is 4.52. The second-order valence-corrected chi connectivity index (χ2v) is 7.59. The van der Waals surface area contributed by atoms with Gasteiger partial charge in [-0.15, -0.1) is 11.3 Å². The number of carboxylic acid groups (broad SMARTS) is 1. The van der Waals surface area contributed by atoms with Crippen molar-refractivity contribution in [1.82, 2.24) is 0 Å². The van der Waals surface area contributed by atoms with Gasteiger partial charge in [-0.05, 0) is 42.5 Å². The van der Waals surface area contributed by atoms with E-state index in [0.717, 1.165) is 26.8 Å². The molecular formula is C14H15NO4S2. The van der Waals surface area contributed by atoms with Crippen LogP contribution in [0.15, 0.2) is 39.9 Å². The number of nitrogens with zero attached hydrogens (tertiary/aromatic N) is 1. The molecule has 1 heterocycles. The van der Waals surface area contributed by atoms with Gasteiger partial charge in [0.05, 0.1) is 5.69 Å². The van der Waals surface area contributed by atoms with Crippen molar-refractivity contribution >= 4 is 33.0 Å². The van der Waals surface area contributed by atoms with Gasteiger partial charge in [-0.1, -0.05) is 18.2 Å². The van der Waals surface area contributed by atoms with Crippen LogP contribution in [0.1, 0.15) is 11.1 Å². The van der Waals surface area contributed by atoms with Crippen LogP contribution in [0, 0.1) is 13.8 Å². The van der Waals surface area contributed by atoms with Crippen LogP contribution in [-0.2, 0) is 14.8 Å². The van der Waals surface area contributed by atoms with E-state index in [-0.39, 0.29) is 4.21 Å². The number of thiophene rings is 1. The molecule has 0 radical (unpaired) electrons. The van der Waals surface area contributed by atoms with E-state index in [2.05, 4.69) is 0 Å². The first-order chi connectivity index (χ1) is 9.84.